The quantitative estimate of drug-likeness (QED) is 0.864. The maximum Gasteiger partial charge on any atom is 0.152 e. The van der Waals surface area contributed by atoms with E-state index in [2.05, 4.69) is 4.98 Å². The van der Waals surface area contributed by atoms with Crippen molar-refractivity contribution in [2.75, 3.05) is 0 Å². The number of hydrogen-bond acceptors (Lipinski definition) is 3. The Kier molecular flexibility index (Phi) is 3.84. The van der Waals surface area contributed by atoms with Crippen LogP contribution in [0.1, 0.15) is 41.5 Å². The third-order valence-corrected chi connectivity index (χ3v) is 3.22. The zero-order valence-corrected chi connectivity index (χ0v) is 11.6. The average Bonchev–Trinajstić information content (AvgIpc) is 2.41. The number of hydrogen-bond donors (Lipinski definition) is 1. The molecule has 1 aromatic carbocycles. The first-order valence-corrected chi connectivity index (χ1v) is 6.40. The van der Waals surface area contributed by atoms with Crippen LogP contribution >= 0.6 is 0 Å². The van der Waals surface area contributed by atoms with Crippen LogP contribution < -0.4 is 0 Å². The normalized spacial score (nSPS) is 10.8. The fraction of sp³-hybridized carbons (Fsp3) is 0.250. The molecule has 3 nitrogen and oxygen atoms in total. The number of rotatable bonds is 3. The summed E-state index contributed by atoms with van der Waals surface area (Å²) in [6.07, 6.45) is 0.671. The van der Waals surface area contributed by atoms with E-state index in [4.69, 9.17) is 0 Å². The molecule has 0 atom stereocenters. The topological polar surface area (TPSA) is 50.2 Å². The monoisotopic (exact) mass is 273 g/mol. The van der Waals surface area contributed by atoms with Crippen LogP contribution in [-0.4, -0.2) is 16.4 Å². The number of pyridine rings is 1. The van der Waals surface area contributed by atoms with Gasteiger partial charge in [-0.2, -0.15) is 0 Å². The van der Waals surface area contributed by atoms with E-state index in [1.165, 1.54) is 12.1 Å². The van der Waals surface area contributed by atoms with Gasteiger partial charge in [0.1, 0.15) is 11.6 Å². The van der Waals surface area contributed by atoms with Gasteiger partial charge in [0.2, 0.25) is 0 Å². The Hall–Kier alpha value is -2.23. The van der Waals surface area contributed by atoms with Gasteiger partial charge in [-0.25, -0.2) is 4.39 Å². The van der Waals surface area contributed by atoms with Crippen LogP contribution in [-0.2, 0) is 0 Å². The number of aromatic hydroxyl groups is 1. The van der Waals surface area contributed by atoms with Gasteiger partial charge in [0.15, 0.2) is 6.29 Å². The highest BCUT2D eigenvalue weighted by Crippen LogP contribution is 2.38. The zero-order chi connectivity index (χ0) is 14.9. The second-order valence-corrected chi connectivity index (χ2v) is 5.00. The Morgan fingerprint density at radius 2 is 1.85 bits per heavy atom. The lowest BCUT2D eigenvalue weighted by Gasteiger charge is -2.16. The lowest BCUT2D eigenvalue weighted by molar-refractivity contribution is 0.112. The molecule has 0 radical (unpaired) electrons. The molecule has 2 aromatic rings. The van der Waals surface area contributed by atoms with Gasteiger partial charge in [0, 0.05) is 16.8 Å². The van der Waals surface area contributed by atoms with E-state index < -0.39 is 0 Å². The minimum Gasteiger partial charge on any atom is -0.505 e. The van der Waals surface area contributed by atoms with Gasteiger partial charge in [-0.1, -0.05) is 26.0 Å². The molecule has 1 N–H and O–H groups in total. The number of aromatic nitrogens is 1. The predicted molar refractivity (Wildman–Crippen MR) is 75.5 cm³/mol. The number of aldehydes is 1. The van der Waals surface area contributed by atoms with Crippen LogP contribution in [0.5, 0.6) is 5.75 Å². The van der Waals surface area contributed by atoms with E-state index >= 15 is 0 Å². The van der Waals surface area contributed by atoms with Crippen LogP contribution in [0.3, 0.4) is 0 Å². The number of halogens is 1. The van der Waals surface area contributed by atoms with Crippen molar-refractivity contribution in [2.24, 2.45) is 0 Å². The number of carbonyl (C=O) groups excluding carboxylic acids is 1. The molecule has 0 saturated carbocycles. The van der Waals surface area contributed by atoms with E-state index in [0.717, 1.165) is 0 Å². The average molecular weight is 273 g/mol. The van der Waals surface area contributed by atoms with Gasteiger partial charge >= 0.3 is 0 Å². The summed E-state index contributed by atoms with van der Waals surface area (Å²) in [5.74, 6) is -0.358. The van der Waals surface area contributed by atoms with E-state index in [0.29, 0.717) is 34.4 Å². The molecule has 4 heteroatoms. The van der Waals surface area contributed by atoms with Gasteiger partial charge in [-0.05, 0) is 30.5 Å². The molecular formula is C16H16FNO2. The Bertz CT molecular complexity index is 649. The van der Waals surface area contributed by atoms with Crippen molar-refractivity contribution in [3.8, 4) is 16.9 Å². The van der Waals surface area contributed by atoms with Crippen molar-refractivity contribution in [1.82, 2.24) is 4.98 Å². The second-order valence-electron chi connectivity index (χ2n) is 5.00. The highest BCUT2D eigenvalue weighted by atomic mass is 19.1. The summed E-state index contributed by atoms with van der Waals surface area (Å²) in [7, 11) is 0. The molecule has 0 aliphatic rings. The maximum absolute atomic E-state index is 13.0. The van der Waals surface area contributed by atoms with Crippen LogP contribution in [0.4, 0.5) is 4.39 Å². The molecular weight excluding hydrogens is 257 g/mol. The molecule has 1 heterocycles. The van der Waals surface area contributed by atoms with Crippen molar-refractivity contribution in [1.29, 1.82) is 0 Å². The molecule has 20 heavy (non-hydrogen) atoms. The summed E-state index contributed by atoms with van der Waals surface area (Å²) in [6.45, 7) is 5.55. The van der Waals surface area contributed by atoms with Crippen molar-refractivity contribution in [3.63, 3.8) is 0 Å². The highest BCUT2D eigenvalue weighted by molar-refractivity contribution is 5.92. The van der Waals surface area contributed by atoms with Crippen molar-refractivity contribution >= 4 is 6.29 Å². The maximum atomic E-state index is 13.0. The van der Waals surface area contributed by atoms with Crippen molar-refractivity contribution in [3.05, 3.63) is 47.0 Å². The second kappa shape index (κ2) is 5.41. The summed E-state index contributed by atoms with van der Waals surface area (Å²) in [4.78, 5) is 15.6. The third-order valence-electron chi connectivity index (χ3n) is 3.22. The SMILES string of the molecule is Cc1nc(C(C)C)c(O)c(-c2ccc(F)cc2)c1C=O. The van der Waals surface area contributed by atoms with Gasteiger partial charge in [0.05, 0.1) is 5.69 Å². The fourth-order valence-electron chi connectivity index (χ4n) is 2.19. The minimum absolute atomic E-state index is 0.0145. The first-order valence-electron chi connectivity index (χ1n) is 6.40. The van der Waals surface area contributed by atoms with Crippen LogP contribution in [0, 0.1) is 12.7 Å². The van der Waals surface area contributed by atoms with E-state index in [-0.39, 0.29) is 17.5 Å². The van der Waals surface area contributed by atoms with Gasteiger partial charge in [-0.15, -0.1) is 0 Å². The molecule has 0 bridgehead atoms. The lowest BCUT2D eigenvalue weighted by Crippen LogP contribution is -2.03. The summed E-state index contributed by atoms with van der Waals surface area (Å²) in [5, 5.41) is 10.4. The highest BCUT2D eigenvalue weighted by Gasteiger charge is 2.20. The molecule has 2 rings (SSSR count). The van der Waals surface area contributed by atoms with Crippen LogP contribution in [0.2, 0.25) is 0 Å². The molecule has 0 spiro atoms. The molecule has 0 fully saturated rings. The van der Waals surface area contributed by atoms with Crippen molar-refractivity contribution in [2.45, 2.75) is 26.7 Å². The van der Waals surface area contributed by atoms with E-state index in [1.54, 1.807) is 19.1 Å². The van der Waals surface area contributed by atoms with E-state index in [9.17, 15) is 14.3 Å². The Morgan fingerprint density at radius 1 is 1.25 bits per heavy atom. The molecule has 0 aliphatic heterocycles. The number of nitrogens with zero attached hydrogens (tertiary/aromatic N) is 1. The molecule has 104 valence electrons. The Labute approximate surface area is 117 Å². The summed E-state index contributed by atoms with van der Waals surface area (Å²) in [5.41, 5.74) is 2.43. The predicted octanol–water partition coefficient (Wildman–Crippen LogP) is 3.84. The first-order chi connectivity index (χ1) is 9.45. The zero-order valence-electron chi connectivity index (χ0n) is 11.6. The third kappa shape index (κ3) is 2.41. The minimum atomic E-state index is -0.365. The molecule has 0 saturated heterocycles. The number of benzene rings is 1. The smallest absolute Gasteiger partial charge is 0.152 e. The van der Waals surface area contributed by atoms with E-state index in [1.807, 2.05) is 13.8 Å². The largest absolute Gasteiger partial charge is 0.505 e. The van der Waals surface area contributed by atoms with Gasteiger partial charge in [-0.3, -0.25) is 9.78 Å². The molecule has 0 unspecified atom stereocenters. The summed E-state index contributed by atoms with van der Waals surface area (Å²) >= 11 is 0. The fourth-order valence-corrected chi connectivity index (χ4v) is 2.19. The number of carbonyl (C=O) groups is 1. The van der Waals surface area contributed by atoms with Crippen molar-refractivity contribution < 1.29 is 14.3 Å². The first kappa shape index (κ1) is 14.2. The van der Waals surface area contributed by atoms with Crippen LogP contribution in [0.15, 0.2) is 24.3 Å². The van der Waals surface area contributed by atoms with Gasteiger partial charge in [0.25, 0.3) is 0 Å². The van der Waals surface area contributed by atoms with Gasteiger partial charge < -0.3 is 5.11 Å². The molecule has 1 aromatic heterocycles. The summed E-state index contributed by atoms with van der Waals surface area (Å²) < 4.78 is 13.0. The summed E-state index contributed by atoms with van der Waals surface area (Å²) in [6, 6.07) is 5.68. The Morgan fingerprint density at radius 3 is 2.35 bits per heavy atom. The standard InChI is InChI=1S/C16H16FNO2/c1-9(2)15-16(20)14(13(8-19)10(3)18-15)11-4-6-12(17)7-5-11/h4-9,20H,1-3H3. The molecule has 0 aliphatic carbocycles. The Balaban J connectivity index is 2.78. The van der Waals surface area contributed by atoms with Crippen LogP contribution in [0.25, 0.3) is 11.1 Å². The lowest BCUT2D eigenvalue weighted by atomic mass is 9.95. The molecule has 0 amide bonds. The number of aryl methyl sites for hydroxylation is 1.